The standard InChI is InChI=1S/C22H22ClN3O3/c23-18-4-1-3-16(11-18)12-24-21(28)17-8-6-15(7-9-17)13-25-14-20(27)26-10-2-5-19(26)22(25)29/h1,3-4,6-9,11,19H,2,5,10,12-14H2,(H,24,28)/t19-/m1/s1. The fourth-order valence-corrected chi connectivity index (χ4v) is 4.12. The topological polar surface area (TPSA) is 69.7 Å². The first-order valence-electron chi connectivity index (χ1n) is 9.71. The van der Waals surface area contributed by atoms with Crippen LogP contribution in [0.4, 0.5) is 0 Å². The number of hydrogen-bond donors (Lipinski definition) is 1. The van der Waals surface area contributed by atoms with Gasteiger partial charge in [-0.15, -0.1) is 0 Å². The molecule has 0 aromatic heterocycles. The molecule has 3 amide bonds. The van der Waals surface area contributed by atoms with E-state index >= 15 is 0 Å². The van der Waals surface area contributed by atoms with Gasteiger partial charge in [0.05, 0.1) is 0 Å². The van der Waals surface area contributed by atoms with Gasteiger partial charge in [-0.2, -0.15) is 0 Å². The number of hydrogen-bond acceptors (Lipinski definition) is 3. The quantitative estimate of drug-likeness (QED) is 0.822. The maximum absolute atomic E-state index is 12.6. The Morgan fingerprint density at radius 3 is 2.66 bits per heavy atom. The second kappa shape index (κ2) is 8.25. The van der Waals surface area contributed by atoms with Gasteiger partial charge in [0.25, 0.3) is 5.91 Å². The van der Waals surface area contributed by atoms with Crippen molar-refractivity contribution in [2.75, 3.05) is 13.1 Å². The molecule has 29 heavy (non-hydrogen) atoms. The van der Waals surface area contributed by atoms with Gasteiger partial charge in [-0.3, -0.25) is 14.4 Å². The Kier molecular flexibility index (Phi) is 5.53. The first-order chi connectivity index (χ1) is 14.0. The molecular weight excluding hydrogens is 390 g/mol. The van der Waals surface area contributed by atoms with E-state index in [2.05, 4.69) is 5.32 Å². The predicted molar refractivity (Wildman–Crippen MR) is 109 cm³/mol. The van der Waals surface area contributed by atoms with Gasteiger partial charge >= 0.3 is 0 Å². The zero-order chi connectivity index (χ0) is 20.4. The van der Waals surface area contributed by atoms with Gasteiger partial charge in [0.2, 0.25) is 11.8 Å². The first-order valence-corrected chi connectivity index (χ1v) is 10.1. The third kappa shape index (κ3) is 4.27. The molecule has 4 rings (SSSR count). The number of rotatable bonds is 5. The molecular formula is C22H22ClN3O3. The van der Waals surface area contributed by atoms with Crippen LogP contribution >= 0.6 is 11.6 Å². The molecule has 0 saturated carbocycles. The molecule has 150 valence electrons. The Morgan fingerprint density at radius 1 is 1.10 bits per heavy atom. The number of nitrogens with one attached hydrogen (secondary N) is 1. The zero-order valence-corrected chi connectivity index (χ0v) is 16.7. The van der Waals surface area contributed by atoms with E-state index in [-0.39, 0.29) is 30.3 Å². The molecule has 2 saturated heterocycles. The third-order valence-electron chi connectivity index (χ3n) is 5.43. The average Bonchev–Trinajstić information content (AvgIpc) is 3.21. The second-order valence-corrected chi connectivity index (χ2v) is 7.89. The van der Waals surface area contributed by atoms with Crippen LogP contribution in [-0.2, 0) is 22.7 Å². The number of carbonyl (C=O) groups is 3. The first kappa shape index (κ1) is 19.5. The van der Waals surface area contributed by atoms with Crippen molar-refractivity contribution in [3.8, 4) is 0 Å². The van der Waals surface area contributed by atoms with Crippen molar-refractivity contribution in [2.24, 2.45) is 0 Å². The summed E-state index contributed by atoms with van der Waals surface area (Å²) in [5, 5.41) is 3.50. The Morgan fingerprint density at radius 2 is 1.90 bits per heavy atom. The molecule has 2 fully saturated rings. The van der Waals surface area contributed by atoms with Crippen molar-refractivity contribution >= 4 is 29.3 Å². The summed E-state index contributed by atoms with van der Waals surface area (Å²) >= 11 is 5.96. The summed E-state index contributed by atoms with van der Waals surface area (Å²) in [4.78, 5) is 40.6. The number of piperazine rings is 1. The molecule has 2 aliphatic heterocycles. The van der Waals surface area contributed by atoms with Crippen molar-refractivity contribution < 1.29 is 14.4 Å². The Balaban J connectivity index is 1.35. The van der Waals surface area contributed by atoms with Crippen LogP contribution in [0.1, 0.15) is 34.3 Å². The lowest BCUT2D eigenvalue weighted by molar-refractivity contribution is -0.154. The van der Waals surface area contributed by atoms with E-state index in [1.807, 2.05) is 30.3 Å². The number of amides is 3. The van der Waals surface area contributed by atoms with Crippen molar-refractivity contribution in [3.05, 3.63) is 70.2 Å². The Labute approximate surface area is 174 Å². The smallest absolute Gasteiger partial charge is 0.251 e. The number of benzene rings is 2. The van der Waals surface area contributed by atoms with Gasteiger partial charge in [0, 0.05) is 30.2 Å². The van der Waals surface area contributed by atoms with Gasteiger partial charge in [-0.25, -0.2) is 0 Å². The van der Waals surface area contributed by atoms with Crippen LogP contribution < -0.4 is 5.32 Å². The molecule has 0 radical (unpaired) electrons. The average molecular weight is 412 g/mol. The number of fused-ring (bicyclic) bond motifs is 1. The summed E-state index contributed by atoms with van der Waals surface area (Å²) in [6.45, 7) is 1.57. The zero-order valence-electron chi connectivity index (χ0n) is 15.9. The maximum atomic E-state index is 12.6. The maximum Gasteiger partial charge on any atom is 0.251 e. The molecule has 1 atom stereocenters. The molecule has 0 aliphatic carbocycles. The normalized spacial score (nSPS) is 18.7. The molecule has 2 aromatic carbocycles. The van der Waals surface area contributed by atoms with E-state index in [0.29, 0.717) is 30.2 Å². The van der Waals surface area contributed by atoms with E-state index in [1.54, 1.807) is 28.0 Å². The lowest BCUT2D eigenvalue weighted by Crippen LogP contribution is -2.56. The Hall–Kier alpha value is -2.86. The van der Waals surface area contributed by atoms with Crippen LogP contribution in [0.5, 0.6) is 0 Å². The van der Waals surface area contributed by atoms with E-state index in [1.165, 1.54) is 0 Å². The van der Waals surface area contributed by atoms with Crippen LogP contribution in [0.25, 0.3) is 0 Å². The molecule has 0 spiro atoms. The molecule has 0 unspecified atom stereocenters. The van der Waals surface area contributed by atoms with Gasteiger partial charge in [-0.1, -0.05) is 35.9 Å². The number of carbonyl (C=O) groups excluding carboxylic acids is 3. The minimum Gasteiger partial charge on any atom is -0.348 e. The van der Waals surface area contributed by atoms with Crippen LogP contribution in [0.2, 0.25) is 5.02 Å². The monoisotopic (exact) mass is 411 g/mol. The fourth-order valence-electron chi connectivity index (χ4n) is 3.91. The van der Waals surface area contributed by atoms with Crippen molar-refractivity contribution in [3.63, 3.8) is 0 Å². The van der Waals surface area contributed by atoms with Crippen LogP contribution in [-0.4, -0.2) is 46.7 Å². The molecule has 6 nitrogen and oxygen atoms in total. The van der Waals surface area contributed by atoms with E-state index in [4.69, 9.17) is 11.6 Å². The van der Waals surface area contributed by atoms with Crippen molar-refractivity contribution in [1.82, 2.24) is 15.1 Å². The third-order valence-corrected chi connectivity index (χ3v) is 5.66. The number of nitrogens with zero attached hydrogens (tertiary/aromatic N) is 2. The van der Waals surface area contributed by atoms with Crippen LogP contribution in [0.15, 0.2) is 48.5 Å². The van der Waals surface area contributed by atoms with Gasteiger partial charge < -0.3 is 15.1 Å². The highest BCUT2D eigenvalue weighted by Crippen LogP contribution is 2.24. The molecule has 0 bridgehead atoms. The number of halogens is 1. The summed E-state index contributed by atoms with van der Waals surface area (Å²) in [6, 6.07) is 14.2. The van der Waals surface area contributed by atoms with Gasteiger partial charge in [-0.05, 0) is 48.2 Å². The summed E-state index contributed by atoms with van der Waals surface area (Å²) in [7, 11) is 0. The Bertz CT molecular complexity index is 945. The largest absolute Gasteiger partial charge is 0.348 e. The van der Waals surface area contributed by atoms with E-state index in [9.17, 15) is 14.4 Å². The minimum absolute atomic E-state index is 0.0177. The van der Waals surface area contributed by atoms with Gasteiger partial charge in [0.1, 0.15) is 12.6 Å². The molecule has 1 N–H and O–H groups in total. The van der Waals surface area contributed by atoms with Crippen molar-refractivity contribution in [2.45, 2.75) is 32.0 Å². The summed E-state index contributed by atoms with van der Waals surface area (Å²) in [6.07, 6.45) is 1.63. The predicted octanol–water partition coefficient (Wildman–Crippen LogP) is 2.60. The van der Waals surface area contributed by atoms with E-state index in [0.717, 1.165) is 24.0 Å². The molecule has 2 heterocycles. The molecule has 2 aliphatic rings. The summed E-state index contributed by atoms with van der Waals surface area (Å²) < 4.78 is 0. The SMILES string of the molecule is O=C(NCc1cccc(Cl)c1)c1ccc(CN2CC(=O)N3CCC[C@@H]3C2=O)cc1. The molecule has 2 aromatic rings. The van der Waals surface area contributed by atoms with Crippen molar-refractivity contribution in [1.29, 1.82) is 0 Å². The second-order valence-electron chi connectivity index (χ2n) is 7.45. The summed E-state index contributed by atoms with van der Waals surface area (Å²) in [5.41, 5.74) is 2.36. The van der Waals surface area contributed by atoms with Gasteiger partial charge in [0.15, 0.2) is 0 Å². The van der Waals surface area contributed by atoms with Crippen LogP contribution in [0, 0.1) is 0 Å². The highest BCUT2D eigenvalue weighted by molar-refractivity contribution is 6.30. The fraction of sp³-hybridized carbons (Fsp3) is 0.318. The highest BCUT2D eigenvalue weighted by atomic mass is 35.5. The minimum atomic E-state index is -0.298. The summed E-state index contributed by atoms with van der Waals surface area (Å²) in [5.74, 6) is -0.142. The molecule has 7 heteroatoms. The lowest BCUT2D eigenvalue weighted by atomic mass is 10.1. The lowest BCUT2D eigenvalue weighted by Gasteiger charge is -2.36. The van der Waals surface area contributed by atoms with E-state index < -0.39 is 0 Å². The van der Waals surface area contributed by atoms with Crippen LogP contribution in [0.3, 0.4) is 0 Å². The highest BCUT2D eigenvalue weighted by Gasteiger charge is 2.41.